The molecule has 0 amide bonds. The fraction of sp³-hybridized carbons (Fsp3) is 0. The number of fused-ring (bicyclic) bond motifs is 3. The van der Waals surface area contributed by atoms with Gasteiger partial charge in [0.15, 0.2) is 11.4 Å². The fourth-order valence-electron chi connectivity index (χ4n) is 2.41. The molecule has 1 aliphatic rings. The maximum Gasteiger partial charge on any atom is 0.271 e. The highest BCUT2D eigenvalue weighted by Gasteiger charge is 2.32. The molecule has 0 unspecified atom stereocenters. The second-order valence-corrected chi connectivity index (χ2v) is 4.86. The van der Waals surface area contributed by atoms with Gasteiger partial charge in [0.25, 0.3) is 5.70 Å². The van der Waals surface area contributed by atoms with Gasteiger partial charge in [-0.15, -0.1) is 0 Å². The Morgan fingerprint density at radius 2 is 1.74 bits per heavy atom. The number of nitriles is 3. The van der Waals surface area contributed by atoms with Crippen molar-refractivity contribution in [3.8, 4) is 29.5 Å². The van der Waals surface area contributed by atoms with Crippen LogP contribution in [-0.4, -0.2) is 9.97 Å². The lowest BCUT2D eigenvalue weighted by atomic mass is 10.0. The smallest absolute Gasteiger partial charge is 0.233 e. The van der Waals surface area contributed by atoms with Gasteiger partial charge < -0.3 is 0 Å². The number of hydrogen-bond acceptors (Lipinski definition) is 5. The minimum Gasteiger partial charge on any atom is -0.233 e. The topological polar surface area (TPSA) is 102 Å². The van der Waals surface area contributed by atoms with Gasteiger partial charge >= 0.3 is 0 Å². The molecule has 0 radical (unpaired) electrons. The van der Waals surface area contributed by atoms with Crippen molar-refractivity contribution in [2.24, 2.45) is 0 Å². The summed E-state index contributed by atoms with van der Waals surface area (Å²) in [6, 6.07) is 10.5. The lowest BCUT2D eigenvalue weighted by Crippen LogP contribution is -2.00. The molecule has 0 spiro atoms. The first kappa shape index (κ1) is 14.2. The zero-order valence-electron chi connectivity index (χ0n) is 11.3. The van der Waals surface area contributed by atoms with Crippen LogP contribution in [0, 0.1) is 40.6 Å². The third-order valence-corrected chi connectivity index (χ3v) is 3.63. The highest BCUT2D eigenvalue weighted by atomic mass is 35.5. The van der Waals surface area contributed by atoms with Crippen molar-refractivity contribution in [1.29, 1.82) is 15.8 Å². The SMILES string of the molecule is [C-]#[N+]/C(C#N)=C1/c2nc(C#N)c(C#N)nc2-c2cccc(Cl)c21. The van der Waals surface area contributed by atoms with E-state index < -0.39 is 0 Å². The number of halogens is 1. The van der Waals surface area contributed by atoms with Crippen molar-refractivity contribution in [3.05, 3.63) is 63.0 Å². The van der Waals surface area contributed by atoms with E-state index in [1.54, 1.807) is 24.3 Å². The Balaban J connectivity index is 2.54. The van der Waals surface area contributed by atoms with Gasteiger partial charge in [0.05, 0.1) is 24.0 Å². The minimum atomic E-state index is -0.194. The van der Waals surface area contributed by atoms with Crippen LogP contribution in [0.25, 0.3) is 21.7 Å². The summed E-state index contributed by atoms with van der Waals surface area (Å²) < 4.78 is 0. The molecule has 0 N–H and O–H groups in total. The molecule has 23 heavy (non-hydrogen) atoms. The summed E-state index contributed by atoms with van der Waals surface area (Å²) in [4.78, 5) is 11.5. The van der Waals surface area contributed by atoms with Crippen molar-refractivity contribution in [2.45, 2.75) is 0 Å². The largest absolute Gasteiger partial charge is 0.271 e. The molecule has 1 heterocycles. The number of aromatic nitrogens is 2. The molecule has 1 aromatic carbocycles. The van der Waals surface area contributed by atoms with Crippen molar-refractivity contribution in [2.75, 3.05) is 0 Å². The van der Waals surface area contributed by atoms with Gasteiger partial charge in [-0.05, 0) is 6.07 Å². The Bertz CT molecular complexity index is 1050. The Labute approximate surface area is 136 Å². The molecule has 0 aliphatic heterocycles. The molecule has 0 saturated heterocycles. The second-order valence-electron chi connectivity index (χ2n) is 4.45. The van der Waals surface area contributed by atoms with E-state index >= 15 is 0 Å². The third kappa shape index (κ3) is 1.92. The molecule has 0 atom stereocenters. The molecule has 0 saturated carbocycles. The predicted molar refractivity (Wildman–Crippen MR) is 80.1 cm³/mol. The average molecular weight is 315 g/mol. The van der Waals surface area contributed by atoms with Gasteiger partial charge in [0.2, 0.25) is 0 Å². The second kappa shape index (κ2) is 5.24. The molecular weight excluding hydrogens is 312 g/mol. The highest BCUT2D eigenvalue weighted by Crippen LogP contribution is 2.47. The molecule has 1 aliphatic carbocycles. The Morgan fingerprint density at radius 3 is 2.30 bits per heavy atom. The summed E-state index contributed by atoms with van der Waals surface area (Å²) in [5.74, 6) is 0. The van der Waals surface area contributed by atoms with Crippen LogP contribution < -0.4 is 0 Å². The van der Waals surface area contributed by atoms with E-state index in [2.05, 4.69) is 14.8 Å². The van der Waals surface area contributed by atoms with Crippen LogP contribution in [0.4, 0.5) is 0 Å². The zero-order chi connectivity index (χ0) is 16.6. The minimum absolute atomic E-state index is 0.111. The number of nitrogens with zero attached hydrogens (tertiary/aromatic N) is 6. The van der Waals surface area contributed by atoms with Crippen molar-refractivity contribution >= 4 is 17.2 Å². The molecule has 2 aromatic rings. The van der Waals surface area contributed by atoms with Gasteiger partial charge in [0.1, 0.15) is 12.1 Å². The quantitative estimate of drug-likeness (QED) is 0.468. The number of hydrogen-bond donors (Lipinski definition) is 0. The number of benzene rings is 1. The Hall–Kier alpha value is -3.71. The molecule has 3 rings (SSSR count). The van der Waals surface area contributed by atoms with E-state index in [1.807, 2.05) is 12.1 Å². The maximum absolute atomic E-state index is 9.23. The van der Waals surface area contributed by atoms with Crippen LogP contribution in [0.15, 0.2) is 23.9 Å². The number of allylic oxidation sites excluding steroid dienone is 1. The monoisotopic (exact) mass is 314 g/mol. The standard InChI is InChI=1S/C16H3ClN6/c1-21-12(7-20)14-13-8(3-2-4-9(13)17)15-16(14)23-11(6-19)10(5-18)22-15/h2-4H/b14-12+. The summed E-state index contributed by atoms with van der Waals surface area (Å²) >= 11 is 6.23. The number of rotatable bonds is 0. The summed E-state index contributed by atoms with van der Waals surface area (Å²) in [7, 11) is 0. The van der Waals surface area contributed by atoms with Gasteiger partial charge in [-0.2, -0.15) is 10.5 Å². The molecule has 6 nitrogen and oxygen atoms in total. The first-order valence-electron chi connectivity index (χ1n) is 6.20. The first-order valence-corrected chi connectivity index (χ1v) is 6.57. The third-order valence-electron chi connectivity index (χ3n) is 3.32. The summed E-state index contributed by atoms with van der Waals surface area (Å²) in [5.41, 5.74) is 1.38. The average Bonchev–Trinajstić information content (AvgIpc) is 2.90. The van der Waals surface area contributed by atoms with Gasteiger partial charge in [-0.3, -0.25) is 0 Å². The van der Waals surface area contributed by atoms with Gasteiger partial charge in [-0.25, -0.2) is 20.1 Å². The molecular formula is C16H3ClN6. The van der Waals surface area contributed by atoms with Crippen LogP contribution >= 0.6 is 11.6 Å². The van der Waals surface area contributed by atoms with Crippen molar-refractivity contribution < 1.29 is 0 Å². The first-order chi connectivity index (χ1) is 11.2. The summed E-state index contributed by atoms with van der Waals surface area (Å²) in [6.45, 7) is 7.19. The van der Waals surface area contributed by atoms with Crippen molar-refractivity contribution in [3.63, 3.8) is 0 Å². The van der Waals surface area contributed by atoms with E-state index in [1.165, 1.54) is 0 Å². The molecule has 7 heteroatoms. The Morgan fingerprint density at radius 1 is 1.09 bits per heavy atom. The lowest BCUT2D eigenvalue weighted by molar-refractivity contribution is 1.12. The molecule has 0 fully saturated rings. The highest BCUT2D eigenvalue weighted by molar-refractivity contribution is 6.34. The van der Waals surface area contributed by atoms with Crippen LogP contribution in [0.1, 0.15) is 22.6 Å². The summed E-state index contributed by atoms with van der Waals surface area (Å²) in [5, 5.41) is 27.8. The fourth-order valence-corrected chi connectivity index (χ4v) is 2.68. The van der Waals surface area contributed by atoms with Gasteiger partial charge in [-0.1, -0.05) is 23.7 Å². The maximum atomic E-state index is 9.23. The molecule has 104 valence electrons. The Kier molecular flexibility index (Phi) is 3.25. The zero-order valence-corrected chi connectivity index (χ0v) is 12.0. The lowest BCUT2D eigenvalue weighted by Gasteiger charge is -2.04. The molecule has 1 aromatic heterocycles. The van der Waals surface area contributed by atoms with Gasteiger partial charge in [0, 0.05) is 21.7 Å². The van der Waals surface area contributed by atoms with E-state index in [4.69, 9.17) is 28.7 Å². The van der Waals surface area contributed by atoms with Crippen LogP contribution in [0.2, 0.25) is 5.02 Å². The van der Waals surface area contributed by atoms with E-state index in [0.29, 0.717) is 21.8 Å². The van der Waals surface area contributed by atoms with Crippen LogP contribution in [0.3, 0.4) is 0 Å². The van der Waals surface area contributed by atoms with Crippen molar-refractivity contribution in [1.82, 2.24) is 9.97 Å². The van der Waals surface area contributed by atoms with Crippen LogP contribution in [0.5, 0.6) is 0 Å². The summed E-state index contributed by atoms with van der Waals surface area (Å²) in [6.07, 6.45) is 0. The normalized spacial score (nSPS) is 12.9. The van der Waals surface area contributed by atoms with E-state index in [0.717, 1.165) is 0 Å². The van der Waals surface area contributed by atoms with E-state index in [-0.39, 0.29) is 28.4 Å². The predicted octanol–water partition coefficient (Wildman–Crippen LogP) is 3.06. The van der Waals surface area contributed by atoms with Crippen LogP contribution in [-0.2, 0) is 0 Å². The van der Waals surface area contributed by atoms with E-state index in [9.17, 15) is 5.26 Å². The molecule has 0 bridgehead atoms.